The normalized spacial score (nSPS) is 9.40. The van der Waals surface area contributed by atoms with Gasteiger partial charge in [-0.05, 0) is 15.9 Å². The van der Waals surface area contributed by atoms with Crippen molar-refractivity contribution in [3.05, 3.63) is 8.92 Å². The van der Waals surface area contributed by atoms with E-state index in [1.165, 1.54) is 11.3 Å². The Morgan fingerprint density at radius 1 is 1.70 bits per heavy atom. The molecule has 0 radical (unpaired) electrons. The van der Waals surface area contributed by atoms with Gasteiger partial charge in [0.1, 0.15) is 0 Å². The third kappa shape index (κ3) is 1.51. The lowest BCUT2D eigenvalue weighted by Crippen LogP contribution is -2.17. The van der Waals surface area contributed by atoms with Gasteiger partial charge < -0.3 is 5.32 Å². The SMILES string of the molecule is CNC(=O)c1nnc(Br)s1. The van der Waals surface area contributed by atoms with Crippen molar-refractivity contribution in [1.29, 1.82) is 0 Å². The Morgan fingerprint density at radius 3 is 2.80 bits per heavy atom. The number of nitrogens with zero attached hydrogens (tertiary/aromatic N) is 2. The smallest absolute Gasteiger partial charge is 0.282 e. The van der Waals surface area contributed by atoms with Gasteiger partial charge in [0, 0.05) is 7.05 Å². The molecule has 6 heteroatoms. The van der Waals surface area contributed by atoms with E-state index in [1.807, 2.05) is 0 Å². The molecule has 0 saturated heterocycles. The second-order valence-electron chi connectivity index (χ2n) is 1.44. The first-order chi connectivity index (χ1) is 4.74. The lowest BCUT2D eigenvalue weighted by atomic mass is 10.6. The quantitative estimate of drug-likeness (QED) is 0.759. The van der Waals surface area contributed by atoms with Crippen LogP contribution in [-0.4, -0.2) is 23.2 Å². The lowest BCUT2D eigenvalue weighted by Gasteiger charge is -1.88. The van der Waals surface area contributed by atoms with E-state index in [4.69, 9.17) is 0 Å². The number of hydrogen-bond donors (Lipinski definition) is 1. The molecular weight excluding hydrogens is 218 g/mol. The zero-order valence-electron chi connectivity index (χ0n) is 5.09. The number of nitrogens with one attached hydrogen (secondary N) is 1. The van der Waals surface area contributed by atoms with Crippen LogP contribution in [0.15, 0.2) is 3.92 Å². The van der Waals surface area contributed by atoms with Gasteiger partial charge >= 0.3 is 0 Å². The fourth-order valence-electron chi connectivity index (χ4n) is 0.404. The first-order valence-electron chi connectivity index (χ1n) is 2.45. The number of halogens is 1. The van der Waals surface area contributed by atoms with Crippen LogP contribution in [0.3, 0.4) is 0 Å². The van der Waals surface area contributed by atoms with Gasteiger partial charge in [0.05, 0.1) is 0 Å². The predicted molar refractivity (Wildman–Crippen MR) is 41.0 cm³/mol. The Balaban J connectivity index is 2.85. The van der Waals surface area contributed by atoms with Crippen molar-refractivity contribution in [2.45, 2.75) is 0 Å². The van der Waals surface area contributed by atoms with E-state index in [0.29, 0.717) is 8.92 Å². The summed E-state index contributed by atoms with van der Waals surface area (Å²) in [5.74, 6) is -0.205. The van der Waals surface area contributed by atoms with Crippen molar-refractivity contribution in [3.63, 3.8) is 0 Å². The van der Waals surface area contributed by atoms with Crippen LogP contribution in [0.1, 0.15) is 9.80 Å². The monoisotopic (exact) mass is 221 g/mol. The van der Waals surface area contributed by atoms with Crippen molar-refractivity contribution < 1.29 is 4.79 Å². The van der Waals surface area contributed by atoms with E-state index >= 15 is 0 Å². The molecule has 0 aliphatic carbocycles. The molecule has 0 aliphatic rings. The van der Waals surface area contributed by atoms with Crippen LogP contribution < -0.4 is 5.32 Å². The van der Waals surface area contributed by atoms with Gasteiger partial charge in [-0.15, -0.1) is 10.2 Å². The van der Waals surface area contributed by atoms with Crippen LogP contribution in [0.5, 0.6) is 0 Å². The molecule has 0 unspecified atom stereocenters. The van der Waals surface area contributed by atoms with E-state index < -0.39 is 0 Å². The van der Waals surface area contributed by atoms with Crippen LogP contribution in [-0.2, 0) is 0 Å². The average molecular weight is 222 g/mol. The highest BCUT2D eigenvalue weighted by molar-refractivity contribution is 9.11. The number of rotatable bonds is 1. The molecule has 0 bridgehead atoms. The molecule has 1 N–H and O–H groups in total. The van der Waals surface area contributed by atoms with Crippen molar-refractivity contribution >= 4 is 33.2 Å². The molecule has 1 aromatic rings. The van der Waals surface area contributed by atoms with E-state index in [2.05, 4.69) is 31.4 Å². The first kappa shape index (κ1) is 7.62. The largest absolute Gasteiger partial charge is 0.353 e. The van der Waals surface area contributed by atoms with Gasteiger partial charge in [-0.25, -0.2) is 0 Å². The Bertz CT molecular complexity index is 248. The Morgan fingerprint density at radius 2 is 2.40 bits per heavy atom. The summed E-state index contributed by atoms with van der Waals surface area (Å²) in [7, 11) is 1.55. The molecule has 0 fully saturated rings. The molecule has 10 heavy (non-hydrogen) atoms. The highest BCUT2D eigenvalue weighted by atomic mass is 79.9. The third-order valence-corrected chi connectivity index (χ3v) is 2.18. The second kappa shape index (κ2) is 3.07. The summed E-state index contributed by atoms with van der Waals surface area (Å²) in [5.41, 5.74) is 0. The van der Waals surface area contributed by atoms with Gasteiger partial charge in [0.2, 0.25) is 5.01 Å². The lowest BCUT2D eigenvalue weighted by molar-refractivity contribution is 0.0962. The molecule has 1 heterocycles. The summed E-state index contributed by atoms with van der Waals surface area (Å²) in [6.45, 7) is 0. The Labute approximate surface area is 69.8 Å². The molecule has 0 saturated carbocycles. The maximum Gasteiger partial charge on any atom is 0.282 e. The minimum atomic E-state index is -0.205. The van der Waals surface area contributed by atoms with Crippen molar-refractivity contribution in [1.82, 2.24) is 15.5 Å². The fraction of sp³-hybridized carbons (Fsp3) is 0.250. The van der Waals surface area contributed by atoms with E-state index in [9.17, 15) is 4.79 Å². The average Bonchev–Trinajstić information content (AvgIpc) is 2.34. The second-order valence-corrected chi connectivity index (χ2v) is 3.69. The first-order valence-corrected chi connectivity index (χ1v) is 4.06. The van der Waals surface area contributed by atoms with Crippen LogP contribution in [0.25, 0.3) is 0 Å². The minimum absolute atomic E-state index is 0.205. The summed E-state index contributed by atoms with van der Waals surface area (Å²) in [5, 5.41) is 10.0. The number of carbonyl (C=O) groups is 1. The Hall–Kier alpha value is -0.490. The molecule has 0 aromatic carbocycles. The van der Waals surface area contributed by atoms with Crippen molar-refractivity contribution in [2.75, 3.05) is 7.05 Å². The molecule has 1 amide bonds. The Kier molecular flexibility index (Phi) is 2.34. The maximum atomic E-state index is 10.8. The highest BCUT2D eigenvalue weighted by Gasteiger charge is 2.08. The van der Waals surface area contributed by atoms with Gasteiger partial charge in [-0.2, -0.15) is 0 Å². The molecule has 0 spiro atoms. The van der Waals surface area contributed by atoms with E-state index in [0.717, 1.165) is 0 Å². The number of aromatic nitrogens is 2. The highest BCUT2D eigenvalue weighted by Crippen LogP contribution is 2.14. The summed E-state index contributed by atoms with van der Waals surface area (Å²) < 4.78 is 0.617. The van der Waals surface area contributed by atoms with Crippen LogP contribution >= 0.6 is 27.3 Å². The van der Waals surface area contributed by atoms with Crippen LogP contribution in [0, 0.1) is 0 Å². The fourth-order valence-corrected chi connectivity index (χ4v) is 1.46. The molecule has 4 nitrogen and oxygen atoms in total. The van der Waals surface area contributed by atoms with Gasteiger partial charge in [0.15, 0.2) is 3.92 Å². The molecule has 0 atom stereocenters. The number of amides is 1. The van der Waals surface area contributed by atoms with Crippen molar-refractivity contribution in [3.8, 4) is 0 Å². The standard InChI is InChI=1S/C4H4BrN3OS/c1-6-2(9)3-7-8-4(5)10-3/h1H3,(H,6,9). The van der Waals surface area contributed by atoms with Crippen LogP contribution in [0.4, 0.5) is 0 Å². The zero-order chi connectivity index (χ0) is 7.56. The molecular formula is C4H4BrN3OS. The molecule has 54 valence electrons. The van der Waals surface area contributed by atoms with Gasteiger partial charge in [-0.3, -0.25) is 4.79 Å². The zero-order valence-corrected chi connectivity index (χ0v) is 7.49. The van der Waals surface area contributed by atoms with E-state index in [1.54, 1.807) is 7.05 Å². The maximum absolute atomic E-state index is 10.8. The van der Waals surface area contributed by atoms with Crippen LogP contribution in [0.2, 0.25) is 0 Å². The van der Waals surface area contributed by atoms with Gasteiger partial charge in [-0.1, -0.05) is 11.3 Å². The van der Waals surface area contributed by atoms with Crippen molar-refractivity contribution in [2.24, 2.45) is 0 Å². The summed E-state index contributed by atoms with van der Waals surface area (Å²) >= 11 is 4.30. The number of carbonyl (C=O) groups excluding carboxylic acids is 1. The third-order valence-electron chi connectivity index (χ3n) is 0.822. The topological polar surface area (TPSA) is 54.9 Å². The predicted octanol–water partition coefficient (Wildman–Crippen LogP) is 0.660. The van der Waals surface area contributed by atoms with Gasteiger partial charge in [0.25, 0.3) is 5.91 Å². The summed E-state index contributed by atoms with van der Waals surface area (Å²) in [6, 6.07) is 0. The molecule has 0 aliphatic heterocycles. The summed E-state index contributed by atoms with van der Waals surface area (Å²) in [4.78, 5) is 10.8. The number of hydrogen-bond acceptors (Lipinski definition) is 4. The summed E-state index contributed by atoms with van der Waals surface area (Å²) in [6.07, 6.45) is 0. The molecule has 1 aromatic heterocycles. The molecule has 1 rings (SSSR count). The minimum Gasteiger partial charge on any atom is -0.353 e. The van der Waals surface area contributed by atoms with E-state index in [-0.39, 0.29) is 5.91 Å².